The van der Waals surface area contributed by atoms with Gasteiger partial charge >= 0.3 is 0 Å². The second-order valence-corrected chi connectivity index (χ2v) is 8.37. The van der Waals surface area contributed by atoms with E-state index in [9.17, 15) is 4.79 Å². The normalized spacial score (nSPS) is 16.9. The molecule has 1 aromatic heterocycles. The Bertz CT molecular complexity index is 951. The molecular formula is C23H26N2O3S. The summed E-state index contributed by atoms with van der Waals surface area (Å²) >= 11 is 1.78. The van der Waals surface area contributed by atoms with Crippen molar-refractivity contribution in [2.45, 2.75) is 19.4 Å². The largest absolute Gasteiger partial charge is 0.488 e. The van der Waals surface area contributed by atoms with E-state index in [-0.39, 0.29) is 19.1 Å². The lowest BCUT2D eigenvalue weighted by atomic mass is 9.90. The second-order valence-electron chi connectivity index (χ2n) is 7.45. The number of hydrogen-bond acceptors (Lipinski definition) is 5. The third-order valence-corrected chi connectivity index (χ3v) is 6.39. The van der Waals surface area contributed by atoms with Gasteiger partial charge in [-0.2, -0.15) is 0 Å². The molecular weight excluding hydrogens is 384 g/mol. The highest BCUT2D eigenvalue weighted by molar-refractivity contribution is 7.11. The second kappa shape index (κ2) is 8.95. The molecule has 4 rings (SSSR count). The molecule has 1 fully saturated rings. The van der Waals surface area contributed by atoms with Crippen molar-refractivity contribution in [3.63, 3.8) is 0 Å². The molecule has 0 saturated carbocycles. The Balaban J connectivity index is 1.73. The minimum Gasteiger partial charge on any atom is -0.488 e. The van der Waals surface area contributed by atoms with Crippen LogP contribution < -0.4 is 10.1 Å². The van der Waals surface area contributed by atoms with Crippen LogP contribution in [0.25, 0.3) is 11.6 Å². The third-order valence-electron chi connectivity index (χ3n) is 5.41. The van der Waals surface area contributed by atoms with Gasteiger partial charge in [-0.15, -0.1) is 11.3 Å². The summed E-state index contributed by atoms with van der Waals surface area (Å²) in [5.74, 6) is 0.691. The lowest BCUT2D eigenvalue weighted by Crippen LogP contribution is -2.26. The number of thiophene rings is 1. The number of piperidine rings is 1. The Labute approximate surface area is 175 Å². The van der Waals surface area contributed by atoms with Crippen LogP contribution in [0.1, 0.15) is 34.4 Å². The smallest absolute Gasteiger partial charge is 0.244 e. The van der Waals surface area contributed by atoms with Gasteiger partial charge in [0.2, 0.25) is 5.91 Å². The van der Waals surface area contributed by atoms with Crippen LogP contribution in [0, 0.1) is 0 Å². The van der Waals surface area contributed by atoms with Gasteiger partial charge in [-0.25, -0.2) is 0 Å². The van der Waals surface area contributed by atoms with Gasteiger partial charge in [0, 0.05) is 47.3 Å². The predicted octanol–water partition coefficient (Wildman–Crippen LogP) is 3.29. The minimum atomic E-state index is -0.209. The number of amides is 1. The van der Waals surface area contributed by atoms with Gasteiger partial charge < -0.3 is 20.1 Å². The summed E-state index contributed by atoms with van der Waals surface area (Å²) in [6.45, 7) is 2.92. The van der Waals surface area contributed by atoms with E-state index in [2.05, 4.69) is 34.8 Å². The molecule has 29 heavy (non-hydrogen) atoms. The quantitative estimate of drug-likeness (QED) is 0.760. The maximum atomic E-state index is 11.8. The lowest BCUT2D eigenvalue weighted by molar-refractivity contribution is -0.116. The molecule has 1 amide bonds. The van der Waals surface area contributed by atoms with Crippen LogP contribution in [0.4, 0.5) is 0 Å². The fraction of sp³-hybridized carbons (Fsp3) is 0.348. The monoisotopic (exact) mass is 410 g/mol. The number of likely N-dealkylation sites (tertiary alicyclic amines) is 1. The number of hydrogen-bond donors (Lipinski definition) is 2. The topological polar surface area (TPSA) is 61.8 Å². The van der Waals surface area contributed by atoms with Gasteiger partial charge in [0.1, 0.15) is 12.4 Å². The van der Waals surface area contributed by atoms with E-state index in [4.69, 9.17) is 9.84 Å². The Hall–Kier alpha value is -2.41. The maximum Gasteiger partial charge on any atom is 0.244 e. The number of carbonyl (C=O) groups excluding carboxylic acids is 1. The third kappa shape index (κ3) is 4.45. The summed E-state index contributed by atoms with van der Waals surface area (Å²) in [4.78, 5) is 15.5. The van der Waals surface area contributed by atoms with Crippen molar-refractivity contribution in [3.8, 4) is 5.75 Å². The van der Waals surface area contributed by atoms with Gasteiger partial charge in [-0.1, -0.05) is 11.6 Å². The highest BCUT2D eigenvalue weighted by atomic mass is 32.1. The van der Waals surface area contributed by atoms with E-state index in [1.54, 1.807) is 11.3 Å². The van der Waals surface area contributed by atoms with Crippen LogP contribution in [-0.2, 0) is 11.4 Å². The number of ether oxygens (including phenoxy) is 1. The lowest BCUT2D eigenvalue weighted by Gasteiger charge is -2.26. The molecule has 5 nitrogen and oxygen atoms in total. The van der Waals surface area contributed by atoms with Gasteiger partial charge in [0.25, 0.3) is 0 Å². The van der Waals surface area contributed by atoms with Crippen molar-refractivity contribution in [3.05, 3.63) is 62.9 Å². The van der Waals surface area contributed by atoms with Crippen molar-refractivity contribution >= 4 is 28.9 Å². The fourth-order valence-electron chi connectivity index (χ4n) is 3.82. The predicted molar refractivity (Wildman–Crippen MR) is 117 cm³/mol. The van der Waals surface area contributed by atoms with E-state index in [1.807, 2.05) is 18.2 Å². The molecule has 2 aliphatic rings. The molecule has 1 aromatic carbocycles. The van der Waals surface area contributed by atoms with Crippen LogP contribution >= 0.6 is 11.3 Å². The molecule has 0 unspecified atom stereocenters. The zero-order valence-electron chi connectivity index (χ0n) is 16.6. The van der Waals surface area contributed by atoms with Crippen LogP contribution in [0.3, 0.4) is 0 Å². The van der Waals surface area contributed by atoms with Crippen LogP contribution in [-0.4, -0.2) is 49.2 Å². The number of aliphatic hydroxyl groups excluding tert-OH is 1. The molecule has 0 aliphatic carbocycles. The summed E-state index contributed by atoms with van der Waals surface area (Å²) in [6, 6.07) is 8.27. The first-order chi connectivity index (χ1) is 14.2. The van der Waals surface area contributed by atoms with Gasteiger partial charge in [0.05, 0.1) is 6.61 Å². The standard InChI is InChI=1S/C23H26N2O3S/c1-25-10-6-17(7-11-25)22-19-14-16(3-5-21(27)24-9-12-26)2-4-20(19)28-15-18-8-13-29-23(18)22/h2-5,8,13-14,26H,6-7,9-12,15H2,1H3,(H,24,27)/b5-3+. The Morgan fingerprint density at radius 2 is 2.14 bits per heavy atom. The van der Waals surface area contributed by atoms with E-state index in [0.717, 1.165) is 42.8 Å². The van der Waals surface area contributed by atoms with E-state index >= 15 is 0 Å². The van der Waals surface area contributed by atoms with Crippen molar-refractivity contribution in [2.24, 2.45) is 0 Å². The van der Waals surface area contributed by atoms with E-state index in [0.29, 0.717) is 6.61 Å². The average molecular weight is 411 g/mol. The average Bonchev–Trinajstić information content (AvgIpc) is 3.14. The molecule has 0 bridgehead atoms. The van der Waals surface area contributed by atoms with Crippen molar-refractivity contribution in [1.29, 1.82) is 0 Å². The van der Waals surface area contributed by atoms with Crippen molar-refractivity contribution in [1.82, 2.24) is 10.2 Å². The van der Waals surface area contributed by atoms with E-state index in [1.165, 1.54) is 27.7 Å². The van der Waals surface area contributed by atoms with Crippen molar-refractivity contribution in [2.75, 3.05) is 33.3 Å². The molecule has 0 spiro atoms. The summed E-state index contributed by atoms with van der Waals surface area (Å²) in [5, 5.41) is 13.6. The first kappa shape index (κ1) is 19.9. The number of nitrogens with zero attached hydrogens (tertiary/aromatic N) is 1. The number of benzene rings is 1. The fourth-order valence-corrected chi connectivity index (χ4v) is 4.84. The zero-order valence-corrected chi connectivity index (χ0v) is 17.4. The minimum absolute atomic E-state index is 0.0645. The first-order valence-corrected chi connectivity index (χ1v) is 10.8. The number of nitrogens with one attached hydrogen (secondary N) is 1. The van der Waals surface area contributed by atoms with Crippen LogP contribution in [0.15, 0.2) is 41.3 Å². The van der Waals surface area contributed by atoms with Gasteiger partial charge in [-0.05, 0) is 55.1 Å². The summed E-state index contributed by atoms with van der Waals surface area (Å²) in [5.41, 5.74) is 6.12. The summed E-state index contributed by atoms with van der Waals surface area (Å²) in [7, 11) is 2.17. The molecule has 1 saturated heterocycles. The van der Waals surface area contributed by atoms with E-state index < -0.39 is 0 Å². The van der Waals surface area contributed by atoms with Crippen LogP contribution in [0.2, 0.25) is 0 Å². The molecule has 2 aromatic rings. The molecule has 0 atom stereocenters. The first-order valence-electron chi connectivity index (χ1n) is 9.97. The maximum absolute atomic E-state index is 11.8. The Morgan fingerprint density at radius 1 is 1.31 bits per heavy atom. The molecule has 3 heterocycles. The molecule has 6 heteroatoms. The highest BCUT2D eigenvalue weighted by Crippen LogP contribution is 2.43. The number of fused-ring (bicyclic) bond motifs is 2. The molecule has 2 aliphatic heterocycles. The number of carbonyl (C=O) groups is 1. The van der Waals surface area contributed by atoms with Gasteiger partial charge in [0.15, 0.2) is 0 Å². The summed E-state index contributed by atoms with van der Waals surface area (Å²) < 4.78 is 6.14. The Kier molecular flexibility index (Phi) is 6.13. The van der Waals surface area contributed by atoms with Crippen molar-refractivity contribution < 1.29 is 14.6 Å². The Morgan fingerprint density at radius 3 is 2.93 bits per heavy atom. The highest BCUT2D eigenvalue weighted by Gasteiger charge is 2.25. The van der Waals surface area contributed by atoms with Crippen LogP contribution in [0.5, 0.6) is 5.75 Å². The molecule has 0 radical (unpaired) electrons. The zero-order chi connectivity index (χ0) is 20.2. The number of rotatable bonds is 4. The molecule has 2 N–H and O–H groups in total. The number of aliphatic hydroxyl groups is 1. The SMILES string of the molecule is CN1CCC(=C2c3cc(/C=C/C(=O)NCCO)ccc3OCc3ccsc32)CC1. The summed E-state index contributed by atoms with van der Waals surface area (Å²) in [6.07, 6.45) is 5.44. The molecule has 152 valence electrons. The van der Waals surface area contributed by atoms with Gasteiger partial charge in [-0.3, -0.25) is 4.79 Å².